The molecular formula is C19H25N5. The van der Waals surface area contributed by atoms with Crippen LogP contribution in [0.5, 0.6) is 0 Å². The quantitative estimate of drug-likeness (QED) is 0.936. The SMILES string of the molecule is CCc1cc(N2CCNCC2)nc(N2CCc3ccccc3C2)n1. The summed E-state index contributed by atoms with van der Waals surface area (Å²) < 4.78 is 0. The van der Waals surface area contributed by atoms with Gasteiger partial charge in [0.25, 0.3) is 0 Å². The lowest BCUT2D eigenvalue weighted by Gasteiger charge is -2.32. The highest BCUT2D eigenvalue weighted by atomic mass is 15.3. The zero-order chi connectivity index (χ0) is 16.4. The van der Waals surface area contributed by atoms with Gasteiger partial charge in [0.15, 0.2) is 0 Å². The molecule has 1 saturated heterocycles. The van der Waals surface area contributed by atoms with Crippen LogP contribution in [-0.2, 0) is 19.4 Å². The molecular weight excluding hydrogens is 298 g/mol. The molecule has 0 radical (unpaired) electrons. The number of aromatic nitrogens is 2. The average Bonchev–Trinajstić information content (AvgIpc) is 2.68. The molecule has 5 heteroatoms. The van der Waals surface area contributed by atoms with E-state index in [-0.39, 0.29) is 0 Å². The molecule has 0 spiro atoms. The van der Waals surface area contributed by atoms with Crippen molar-refractivity contribution >= 4 is 11.8 Å². The van der Waals surface area contributed by atoms with Crippen molar-refractivity contribution in [1.29, 1.82) is 0 Å². The van der Waals surface area contributed by atoms with Crippen molar-refractivity contribution in [3.8, 4) is 0 Å². The van der Waals surface area contributed by atoms with E-state index in [0.29, 0.717) is 0 Å². The van der Waals surface area contributed by atoms with Gasteiger partial charge in [-0.05, 0) is 24.0 Å². The molecule has 1 aromatic carbocycles. The highest BCUT2D eigenvalue weighted by molar-refractivity contribution is 5.48. The number of anilines is 2. The Bertz CT molecular complexity index is 709. The lowest BCUT2D eigenvalue weighted by atomic mass is 10.0. The largest absolute Gasteiger partial charge is 0.354 e. The summed E-state index contributed by atoms with van der Waals surface area (Å²) in [5, 5.41) is 3.41. The molecule has 3 heterocycles. The van der Waals surface area contributed by atoms with Gasteiger partial charge in [0.1, 0.15) is 5.82 Å². The molecule has 24 heavy (non-hydrogen) atoms. The first-order valence-corrected chi connectivity index (χ1v) is 8.99. The Hall–Kier alpha value is -2.14. The Morgan fingerprint density at radius 3 is 2.58 bits per heavy atom. The summed E-state index contributed by atoms with van der Waals surface area (Å²) in [6, 6.07) is 10.9. The number of nitrogens with zero attached hydrogens (tertiary/aromatic N) is 4. The summed E-state index contributed by atoms with van der Waals surface area (Å²) >= 11 is 0. The van der Waals surface area contributed by atoms with E-state index >= 15 is 0 Å². The van der Waals surface area contributed by atoms with Gasteiger partial charge < -0.3 is 15.1 Å². The Balaban J connectivity index is 1.63. The first kappa shape index (κ1) is 15.4. The molecule has 0 aliphatic carbocycles. The fraction of sp³-hybridized carbons (Fsp3) is 0.474. The van der Waals surface area contributed by atoms with Gasteiger partial charge in [0, 0.05) is 51.0 Å². The van der Waals surface area contributed by atoms with E-state index in [4.69, 9.17) is 9.97 Å². The van der Waals surface area contributed by atoms with E-state index in [1.807, 2.05) is 0 Å². The third-order valence-electron chi connectivity index (χ3n) is 4.97. The number of piperazine rings is 1. The number of rotatable bonds is 3. The fourth-order valence-electron chi connectivity index (χ4n) is 3.51. The minimum absolute atomic E-state index is 0.886. The van der Waals surface area contributed by atoms with Gasteiger partial charge in [-0.3, -0.25) is 0 Å². The van der Waals surface area contributed by atoms with E-state index in [1.165, 1.54) is 11.1 Å². The normalized spacial score (nSPS) is 17.7. The molecule has 0 saturated carbocycles. The lowest BCUT2D eigenvalue weighted by molar-refractivity contribution is 0.583. The molecule has 1 fully saturated rings. The van der Waals surface area contributed by atoms with Crippen LogP contribution in [0.25, 0.3) is 0 Å². The summed E-state index contributed by atoms with van der Waals surface area (Å²) in [5.74, 6) is 1.97. The minimum Gasteiger partial charge on any atom is -0.354 e. The van der Waals surface area contributed by atoms with Gasteiger partial charge in [0.2, 0.25) is 5.95 Å². The van der Waals surface area contributed by atoms with Crippen molar-refractivity contribution in [3.63, 3.8) is 0 Å². The van der Waals surface area contributed by atoms with Crippen LogP contribution in [0.2, 0.25) is 0 Å². The highest BCUT2D eigenvalue weighted by Gasteiger charge is 2.20. The molecule has 5 nitrogen and oxygen atoms in total. The van der Waals surface area contributed by atoms with Gasteiger partial charge in [0.05, 0.1) is 0 Å². The summed E-state index contributed by atoms with van der Waals surface area (Å²) in [5.41, 5.74) is 3.99. The van der Waals surface area contributed by atoms with Gasteiger partial charge in [-0.15, -0.1) is 0 Å². The van der Waals surface area contributed by atoms with E-state index in [9.17, 15) is 0 Å². The topological polar surface area (TPSA) is 44.3 Å². The maximum Gasteiger partial charge on any atom is 0.227 e. The van der Waals surface area contributed by atoms with Crippen molar-refractivity contribution in [2.45, 2.75) is 26.3 Å². The maximum atomic E-state index is 4.91. The maximum absolute atomic E-state index is 4.91. The molecule has 0 unspecified atom stereocenters. The highest BCUT2D eigenvalue weighted by Crippen LogP contribution is 2.24. The van der Waals surface area contributed by atoms with Crippen LogP contribution in [-0.4, -0.2) is 42.7 Å². The zero-order valence-electron chi connectivity index (χ0n) is 14.3. The Kier molecular flexibility index (Phi) is 4.34. The number of fused-ring (bicyclic) bond motifs is 1. The van der Waals surface area contributed by atoms with Crippen molar-refractivity contribution in [2.75, 3.05) is 42.5 Å². The number of hydrogen-bond donors (Lipinski definition) is 1. The van der Waals surface area contributed by atoms with Crippen molar-refractivity contribution in [3.05, 3.63) is 47.2 Å². The summed E-state index contributed by atoms with van der Waals surface area (Å²) in [4.78, 5) is 14.4. The number of hydrogen-bond acceptors (Lipinski definition) is 5. The van der Waals surface area contributed by atoms with Crippen molar-refractivity contribution in [2.24, 2.45) is 0 Å². The fourth-order valence-corrected chi connectivity index (χ4v) is 3.51. The van der Waals surface area contributed by atoms with E-state index < -0.39 is 0 Å². The Labute approximate surface area is 143 Å². The zero-order valence-corrected chi connectivity index (χ0v) is 14.3. The summed E-state index contributed by atoms with van der Waals surface area (Å²) in [6.07, 6.45) is 2.01. The van der Waals surface area contributed by atoms with Crippen LogP contribution in [0.1, 0.15) is 23.7 Å². The van der Waals surface area contributed by atoms with E-state index in [0.717, 1.165) is 69.6 Å². The monoisotopic (exact) mass is 323 g/mol. The second-order valence-electron chi connectivity index (χ2n) is 6.55. The third-order valence-corrected chi connectivity index (χ3v) is 4.97. The molecule has 2 aliphatic rings. The molecule has 2 aliphatic heterocycles. The van der Waals surface area contributed by atoms with Gasteiger partial charge in [-0.25, -0.2) is 4.98 Å². The van der Waals surface area contributed by atoms with Crippen molar-refractivity contribution < 1.29 is 0 Å². The second kappa shape index (κ2) is 6.77. The molecule has 0 bridgehead atoms. The molecule has 1 aromatic heterocycles. The molecule has 126 valence electrons. The molecule has 1 N–H and O–H groups in total. The standard InChI is InChI=1S/C19H25N5/c1-2-17-13-18(23-11-8-20-9-12-23)22-19(21-17)24-10-7-15-5-3-4-6-16(15)14-24/h3-6,13,20H,2,7-12,14H2,1H3. The van der Waals surface area contributed by atoms with Gasteiger partial charge in [-0.1, -0.05) is 31.2 Å². The van der Waals surface area contributed by atoms with Crippen LogP contribution in [0, 0.1) is 0 Å². The Morgan fingerprint density at radius 2 is 1.79 bits per heavy atom. The number of nitrogens with one attached hydrogen (secondary N) is 1. The van der Waals surface area contributed by atoms with Crippen molar-refractivity contribution in [1.82, 2.24) is 15.3 Å². The average molecular weight is 323 g/mol. The van der Waals surface area contributed by atoms with E-state index in [1.54, 1.807) is 0 Å². The number of benzene rings is 1. The number of aryl methyl sites for hydroxylation is 1. The summed E-state index contributed by atoms with van der Waals surface area (Å²) in [6.45, 7) is 8.15. The van der Waals surface area contributed by atoms with Crippen LogP contribution >= 0.6 is 0 Å². The molecule has 2 aromatic rings. The lowest BCUT2D eigenvalue weighted by Crippen LogP contribution is -2.44. The van der Waals surface area contributed by atoms with Crippen LogP contribution < -0.4 is 15.1 Å². The Morgan fingerprint density at radius 1 is 1.00 bits per heavy atom. The van der Waals surface area contributed by atoms with Crippen LogP contribution in [0.15, 0.2) is 30.3 Å². The first-order chi connectivity index (χ1) is 11.8. The molecule has 4 rings (SSSR count). The summed E-state index contributed by atoms with van der Waals surface area (Å²) in [7, 11) is 0. The van der Waals surface area contributed by atoms with Crippen LogP contribution in [0.3, 0.4) is 0 Å². The molecule has 0 amide bonds. The predicted octanol–water partition coefficient (Wildman–Crippen LogP) is 2.01. The minimum atomic E-state index is 0.886. The third kappa shape index (κ3) is 3.08. The first-order valence-electron chi connectivity index (χ1n) is 8.99. The van der Waals surface area contributed by atoms with Gasteiger partial charge >= 0.3 is 0 Å². The van der Waals surface area contributed by atoms with Gasteiger partial charge in [-0.2, -0.15) is 4.98 Å². The van der Waals surface area contributed by atoms with Crippen LogP contribution in [0.4, 0.5) is 11.8 Å². The second-order valence-corrected chi connectivity index (χ2v) is 6.55. The predicted molar refractivity (Wildman–Crippen MR) is 97.7 cm³/mol. The van der Waals surface area contributed by atoms with E-state index in [2.05, 4.69) is 52.4 Å². The molecule has 0 atom stereocenters. The smallest absolute Gasteiger partial charge is 0.227 e.